The first-order valence-corrected chi connectivity index (χ1v) is 6.51. The monoisotopic (exact) mass is 269 g/mol. The van der Waals surface area contributed by atoms with Gasteiger partial charge in [0.2, 0.25) is 5.95 Å². The van der Waals surface area contributed by atoms with Crippen molar-refractivity contribution < 1.29 is 0 Å². The van der Waals surface area contributed by atoms with Crippen LogP contribution in [0, 0.1) is 12.8 Å². The van der Waals surface area contributed by atoms with Crippen LogP contribution in [0.4, 0.5) is 5.95 Å². The van der Waals surface area contributed by atoms with Gasteiger partial charge < -0.3 is 4.90 Å². The molecule has 0 aromatic carbocycles. The van der Waals surface area contributed by atoms with Crippen LogP contribution in [0.3, 0.4) is 0 Å². The topological polar surface area (TPSA) is 29.0 Å². The van der Waals surface area contributed by atoms with Crippen LogP contribution in [-0.2, 0) is 0 Å². The summed E-state index contributed by atoms with van der Waals surface area (Å²) in [6, 6.07) is 0. The summed E-state index contributed by atoms with van der Waals surface area (Å²) in [5.41, 5.74) is 1.12. The zero-order chi connectivity index (χ0) is 10.7. The van der Waals surface area contributed by atoms with Gasteiger partial charge in [-0.3, -0.25) is 0 Å². The Morgan fingerprint density at radius 3 is 2.87 bits per heavy atom. The van der Waals surface area contributed by atoms with E-state index in [1.807, 2.05) is 19.3 Å². The van der Waals surface area contributed by atoms with E-state index >= 15 is 0 Å². The summed E-state index contributed by atoms with van der Waals surface area (Å²) in [7, 11) is 0. The van der Waals surface area contributed by atoms with Crippen LogP contribution >= 0.6 is 15.9 Å². The largest absolute Gasteiger partial charge is 0.341 e. The third-order valence-electron chi connectivity index (χ3n) is 2.79. The molecule has 0 N–H and O–H groups in total. The van der Waals surface area contributed by atoms with Crippen molar-refractivity contribution in [1.29, 1.82) is 0 Å². The molecule has 1 aliphatic heterocycles. The molecule has 4 heteroatoms. The molecule has 2 heterocycles. The van der Waals surface area contributed by atoms with Crippen LogP contribution in [0.25, 0.3) is 0 Å². The molecule has 0 saturated carbocycles. The standard InChI is InChI=1S/C11H16BrN3/c1-9-6-13-11(14-7-9)15-4-2-3-10(5-12)8-15/h6-7,10H,2-5,8H2,1H3. The molecule has 2 rings (SSSR count). The lowest BCUT2D eigenvalue weighted by Crippen LogP contribution is -2.37. The van der Waals surface area contributed by atoms with Crippen molar-refractivity contribution in [3.8, 4) is 0 Å². The Morgan fingerprint density at radius 1 is 1.47 bits per heavy atom. The quantitative estimate of drug-likeness (QED) is 0.773. The number of anilines is 1. The summed E-state index contributed by atoms with van der Waals surface area (Å²) in [5.74, 6) is 1.62. The second-order valence-electron chi connectivity index (χ2n) is 4.17. The molecule has 15 heavy (non-hydrogen) atoms. The van der Waals surface area contributed by atoms with E-state index in [9.17, 15) is 0 Å². The SMILES string of the molecule is Cc1cnc(N2CCCC(CBr)C2)nc1. The van der Waals surface area contributed by atoms with Crippen LogP contribution in [0.2, 0.25) is 0 Å². The maximum Gasteiger partial charge on any atom is 0.225 e. The van der Waals surface area contributed by atoms with E-state index in [-0.39, 0.29) is 0 Å². The van der Waals surface area contributed by atoms with Crippen molar-refractivity contribution in [2.24, 2.45) is 5.92 Å². The van der Waals surface area contributed by atoms with Gasteiger partial charge in [0.25, 0.3) is 0 Å². The normalized spacial score (nSPS) is 21.7. The van der Waals surface area contributed by atoms with Crippen molar-refractivity contribution in [3.05, 3.63) is 18.0 Å². The van der Waals surface area contributed by atoms with Crippen LogP contribution in [0.1, 0.15) is 18.4 Å². The first-order valence-electron chi connectivity index (χ1n) is 5.39. The molecule has 82 valence electrons. The predicted molar refractivity (Wildman–Crippen MR) is 65.5 cm³/mol. The Hall–Kier alpha value is -0.640. The van der Waals surface area contributed by atoms with E-state index < -0.39 is 0 Å². The molecule has 1 aromatic rings. The summed E-state index contributed by atoms with van der Waals surface area (Å²) in [4.78, 5) is 11.0. The molecule has 1 atom stereocenters. The zero-order valence-corrected chi connectivity index (χ0v) is 10.6. The van der Waals surface area contributed by atoms with E-state index in [4.69, 9.17) is 0 Å². The Kier molecular flexibility index (Phi) is 3.57. The minimum atomic E-state index is 0.739. The van der Waals surface area contributed by atoms with Gasteiger partial charge in [-0.15, -0.1) is 0 Å². The van der Waals surface area contributed by atoms with E-state index in [0.717, 1.165) is 35.8 Å². The molecule has 1 fully saturated rings. The summed E-state index contributed by atoms with van der Waals surface area (Å²) < 4.78 is 0. The van der Waals surface area contributed by atoms with Crippen molar-refractivity contribution in [3.63, 3.8) is 0 Å². The lowest BCUT2D eigenvalue weighted by Gasteiger charge is -2.31. The maximum atomic E-state index is 4.37. The van der Waals surface area contributed by atoms with Gasteiger partial charge in [0.1, 0.15) is 0 Å². The Labute approximate surface area is 99.0 Å². The number of hydrogen-bond acceptors (Lipinski definition) is 3. The molecule has 3 nitrogen and oxygen atoms in total. The fourth-order valence-electron chi connectivity index (χ4n) is 1.92. The Balaban J connectivity index is 2.06. The molecule has 1 unspecified atom stereocenters. The van der Waals surface area contributed by atoms with Crippen molar-refractivity contribution in [1.82, 2.24) is 9.97 Å². The highest BCUT2D eigenvalue weighted by molar-refractivity contribution is 9.09. The van der Waals surface area contributed by atoms with Gasteiger partial charge in [0.15, 0.2) is 0 Å². The van der Waals surface area contributed by atoms with E-state index in [2.05, 4.69) is 30.8 Å². The smallest absolute Gasteiger partial charge is 0.225 e. The van der Waals surface area contributed by atoms with Gasteiger partial charge in [-0.25, -0.2) is 9.97 Å². The molecule has 0 spiro atoms. The van der Waals surface area contributed by atoms with Crippen molar-refractivity contribution in [2.45, 2.75) is 19.8 Å². The number of aryl methyl sites for hydroxylation is 1. The van der Waals surface area contributed by atoms with Crippen LogP contribution in [0.15, 0.2) is 12.4 Å². The Bertz CT molecular complexity index is 312. The van der Waals surface area contributed by atoms with Gasteiger partial charge in [0.05, 0.1) is 0 Å². The van der Waals surface area contributed by atoms with Crippen LogP contribution in [-0.4, -0.2) is 28.4 Å². The lowest BCUT2D eigenvalue weighted by molar-refractivity contribution is 0.450. The minimum Gasteiger partial charge on any atom is -0.341 e. The highest BCUT2D eigenvalue weighted by atomic mass is 79.9. The molecule has 1 saturated heterocycles. The second kappa shape index (κ2) is 4.92. The number of hydrogen-bond donors (Lipinski definition) is 0. The molecule has 1 aromatic heterocycles. The summed E-state index contributed by atoms with van der Waals surface area (Å²) in [5, 5.41) is 1.08. The second-order valence-corrected chi connectivity index (χ2v) is 4.82. The first-order chi connectivity index (χ1) is 7.29. The molecular formula is C11H16BrN3. The average Bonchev–Trinajstić information content (AvgIpc) is 2.30. The van der Waals surface area contributed by atoms with E-state index in [1.54, 1.807) is 0 Å². The van der Waals surface area contributed by atoms with Crippen LogP contribution < -0.4 is 4.90 Å². The van der Waals surface area contributed by atoms with Crippen LogP contribution in [0.5, 0.6) is 0 Å². The minimum absolute atomic E-state index is 0.739. The number of aromatic nitrogens is 2. The summed E-state index contributed by atoms with van der Waals surface area (Å²) >= 11 is 3.56. The molecule has 0 aliphatic carbocycles. The number of piperidine rings is 1. The average molecular weight is 270 g/mol. The molecule has 1 aliphatic rings. The highest BCUT2D eigenvalue weighted by Crippen LogP contribution is 2.21. The number of nitrogens with zero attached hydrogens (tertiary/aromatic N) is 3. The summed E-state index contributed by atoms with van der Waals surface area (Å²) in [6.07, 6.45) is 6.33. The van der Waals surface area contributed by atoms with E-state index in [0.29, 0.717) is 0 Å². The van der Waals surface area contributed by atoms with E-state index in [1.165, 1.54) is 12.8 Å². The molecule has 0 amide bonds. The maximum absolute atomic E-state index is 4.37. The molecule has 0 bridgehead atoms. The first kappa shape index (κ1) is 10.9. The molecular weight excluding hydrogens is 254 g/mol. The van der Waals surface area contributed by atoms with Gasteiger partial charge in [-0.1, -0.05) is 15.9 Å². The van der Waals surface area contributed by atoms with Gasteiger partial charge in [0, 0.05) is 30.8 Å². The Morgan fingerprint density at radius 2 is 2.20 bits per heavy atom. The fourth-order valence-corrected chi connectivity index (χ4v) is 2.45. The third-order valence-corrected chi connectivity index (χ3v) is 3.70. The summed E-state index contributed by atoms with van der Waals surface area (Å²) in [6.45, 7) is 4.18. The zero-order valence-electron chi connectivity index (χ0n) is 8.99. The fraction of sp³-hybridized carbons (Fsp3) is 0.636. The van der Waals surface area contributed by atoms with Gasteiger partial charge >= 0.3 is 0 Å². The van der Waals surface area contributed by atoms with Crippen molar-refractivity contribution >= 4 is 21.9 Å². The highest BCUT2D eigenvalue weighted by Gasteiger charge is 2.20. The third kappa shape index (κ3) is 2.68. The molecule has 0 radical (unpaired) electrons. The number of halogens is 1. The number of alkyl halides is 1. The predicted octanol–water partition coefficient (Wildman–Crippen LogP) is 2.40. The lowest BCUT2D eigenvalue weighted by atomic mass is 10.0. The van der Waals surface area contributed by atoms with Gasteiger partial charge in [-0.2, -0.15) is 0 Å². The number of rotatable bonds is 2. The van der Waals surface area contributed by atoms with Crippen molar-refractivity contribution in [2.75, 3.05) is 23.3 Å². The van der Waals surface area contributed by atoms with Gasteiger partial charge in [-0.05, 0) is 31.2 Å².